The maximum atomic E-state index is 10.8. The number of nitrogens with zero attached hydrogens (tertiary/aromatic N) is 2. The Morgan fingerprint density at radius 3 is 2.50 bits per heavy atom. The zero-order valence-corrected chi connectivity index (χ0v) is 8.64. The van der Waals surface area contributed by atoms with E-state index in [1.807, 2.05) is 0 Å². The van der Waals surface area contributed by atoms with Crippen LogP contribution < -0.4 is 10.9 Å². The summed E-state index contributed by atoms with van der Waals surface area (Å²) in [5, 5.41) is 12.2. The molecule has 0 aliphatic carbocycles. The number of amides is 1. The first-order chi connectivity index (χ1) is 6.39. The minimum Gasteiger partial charge on any atom is -0.370 e. The number of sulfonamides is 1. The highest BCUT2D eigenvalue weighted by atomic mass is 32.2. The predicted molar refractivity (Wildman–Crippen MR) is 48.8 cm³/mol. The Morgan fingerprint density at radius 2 is 2.07 bits per heavy atom. The van der Waals surface area contributed by atoms with Crippen molar-refractivity contribution >= 4 is 27.3 Å². The monoisotopic (exact) mass is 236 g/mol. The van der Waals surface area contributed by atoms with E-state index in [9.17, 15) is 13.2 Å². The first kappa shape index (κ1) is 11.0. The van der Waals surface area contributed by atoms with Gasteiger partial charge >= 0.3 is 0 Å². The highest BCUT2D eigenvalue weighted by Gasteiger charge is 2.14. The lowest BCUT2D eigenvalue weighted by Gasteiger charge is -1.89. The molecule has 1 aromatic heterocycles. The van der Waals surface area contributed by atoms with Gasteiger partial charge in [0, 0.05) is 12.8 Å². The van der Waals surface area contributed by atoms with Gasteiger partial charge in [-0.2, -0.15) is 0 Å². The molecule has 14 heavy (non-hydrogen) atoms. The van der Waals surface area contributed by atoms with Crippen LogP contribution in [0.1, 0.15) is 11.4 Å². The second-order valence-corrected chi connectivity index (χ2v) is 5.27. The van der Waals surface area contributed by atoms with Crippen molar-refractivity contribution in [3.63, 3.8) is 0 Å². The van der Waals surface area contributed by atoms with Crippen LogP contribution in [0.4, 0.5) is 0 Å². The van der Waals surface area contributed by atoms with E-state index in [4.69, 9.17) is 10.9 Å². The fraction of sp³-hybridized carbons (Fsp3) is 0.400. The van der Waals surface area contributed by atoms with E-state index >= 15 is 0 Å². The molecule has 1 heterocycles. The van der Waals surface area contributed by atoms with E-state index in [1.165, 1.54) is 0 Å². The van der Waals surface area contributed by atoms with Gasteiger partial charge in [-0.1, -0.05) is 11.3 Å². The smallest absolute Gasteiger partial charge is 0.267 e. The lowest BCUT2D eigenvalue weighted by Crippen LogP contribution is -2.11. The molecule has 1 rings (SSSR count). The molecule has 7 nitrogen and oxygen atoms in total. The molecule has 0 bridgehead atoms. The van der Waals surface area contributed by atoms with Crippen LogP contribution in [-0.4, -0.2) is 24.5 Å². The number of carbonyl (C=O) groups is 1. The molecule has 78 valence electrons. The van der Waals surface area contributed by atoms with Crippen LogP contribution in [0.5, 0.6) is 0 Å². The van der Waals surface area contributed by atoms with Gasteiger partial charge in [0.1, 0.15) is 5.01 Å². The molecule has 9 heteroatoms. The largest absolute Gasteiger partial charge is 0.370 e. The number of hydrogen-bond donors (Lipinski definition) is 2. The molecule has 0 saturated heterocycles. The van der Waals surface area contributed by atoms with Crippen LogP contribution >= 0.6 is 11.3 Å². The molecule has 1 aromatic rings. The van der Waals surface area contributed by atoms with Gasteiger partial charge in [-0.25, -0.2) is 13.6 Å². The minimum absolute atomic E-state index is 0.110. The van der Waals surface area contributed by atoms with Crippen molar-refractivity contribution in [3.8, 4) is 0 Å². The van der Waals surface area contributed by atoms with Crippen molar-refractivity contribution in [2.45, 2.75) is 17.2 Å². The number of hydrogen-bond acceptors (Lipinski definition) is 6. The van der Waals surface area contributed by atoms with E-state index in [-0.39, 0.29) is 17.2 Å². The molecule has 0 aromatic carbocycles. The lowest BCUT2D eigenvalue weighted by atomic mass is 10.3. The van der Waals surface area contributed by atoms with Crippen molar-refractivity contribution in [2.75, 3.05) is 0 Å². The summed E-state index contributed by atoms with van der Waals surface area (Å²) < 4.78 is 21.3. The number of aromatic nitrogens is 2. The summed E-state index contributed by atoms with van der Waals surface area (Å²) in [6.45, 7) is 0. The fourth-order valence-electron chi connectivity index (χ4n) is 0.684. The quantitative estimate of drug-likeness (QED) is 0.664. The highest BCUT2D eigenvalue weighted by molar-refractivity contribution is 7.91. The minimum atomic E-state index is -3.79. The molecule has 0 aliphatic rings. The van der Waals surface area contributed by atoms with Gasteiger partial charge in [-0.05, 0) is 0 Å². The van der Waals surface area contributed by atoms with E-state index < -0.39 is 15.9 Å². The second-order valence-electron chi connectivity index (χ2n) is 2.47. The summed E-state index contributed by atoms with van der Waals surface area (Å²) >= 11 is 0.839. The molecular formula is C5H8N4O3S2. The molecule has 0 fully saturated rings. The summed E-state index contributed by atoms with van der Waals surface area (Å²) in [5.74, 6) is -0.475. The summed E-state index contributed by atoms with van der Waals surface area (Å²) in [6.07, 6.45) is 0.391. The van der Waals surface area contributed by atoms with Crippen LogP contribution in [-0.2, 0) is 21.2 Å². The third-order valence-corrected chi connectivity index (χ3v) is 3.57. The number of aryl methyl sites for hydroxylation is 1. The Morgan fingerprint density at radius 1 is 1.43 bits per heavy atom. The first-order valence-electron chi connectivity index (χ1n) is 3.53. The van der Waals surface area contributed by atoms with E-state index in [0.29, 0.717) is 5.01 Å². The summed E-state index contributed by atoms with van der Waals surface area (Å²) in [6, 6.07) is 0. The van der Waals surface area contributed by atoms with Crippen molar-refractivity contribution < 1.29 is 13.2 Å². The van der Waals surface area contributed by atoms with Gasteiger partial charge in [-0.3, -0.25) is 4.79 Å². The van der Waals surface area contributed by atoms with Crippen LogP contribution in [0.15, 0.2) is 4.34 Å². The highest BCUT2D eigenvalue weighted by Crippen LogP contribution is 2.14. The summed E-state index contributed by atoms with van der Waals surface area (Å²) in [7, 11) is -3.79. The topological polar surface area (TPSA) is 129 Å². The Balaban J connectivity index is 2.74. The van der Waals surface area contributed by atoms with Crippen molar-refractivity contribution in [2.24, 2.45) is 10.9 Å². The van der Waals surface area contributed by atoms with Crippen LogP contribution in [0.3, 0.4) is 0 Å². The van der Waals surface area contributed by atoms with E-state index in [0.717, 1.165) is 11.3 Å². The summed E-state index contributed by atoms with van der Waals surface area (Å²) in [4.78, 5) is 10.4. The average Bonchev–Trinajstić information content (AvgIpc) is 2.47. The molecule has 0 unspecified atom stereocenters. The zero-order chi connectivity index (χ0) is 10.8. The molecule has 0 aliphatic heterocycles. The first-order valence-corrected chi connectivity index (χ1v) is 5.89. The van der Waals surface area contributed by atoms with Gasteiger partial charge in [0.25, 0.3) is 10.0 Å². The Hall–Kier alpha value is -1.06. The van der Waals surface area contributed by atoms with E-state index in [1.54, 1.807) is 0 Å². The van der Waals surface area contributed by atoms with Crippen LogP contribution in [0, 0.1) is 0 Å². The molecule has 0 spiro atoms. The number of primary sulfonamides is 1. The SMILES string of the molecule is NC(=O)CCc1nnc(S(N)(=O)=O)s1. The lowest BCUT2D eigenvalue weighted by molar-refractivity contribution is -0.117. The number of carbonyl (C=O) groups excluding carboxylic acids is 1. The molecule has 1 amide bonds. The van der Waals surface area contributed by atoms with Gasteiger partial charge in [0.05, 0.1) is 0 Å². The zero-order valence-electron chi connectivity index (χ0n) is 7.00. The van der Waals surface area contributed by atoms with Crippen molar-refractivity contribution in [1.82, 2.24) is 10.2 Å². The maximum Gasteiger partial charge on any atom is 0.267 e. The second kappa shape index (κ2) is 3.98. The normalized spacial score (nSPS) is 11.5. The third kappa shape index (κ3) is 3.01. The third-order valence-electron chi connectivity index (χ3n) is 1.28. The maximum absolute atomic E-state index is 10.8. The Kier molecular flexibility index (Phi) is 3.13. The molecule has 0 radical (unpaired) electrons. The summed E-state index contributed by atoms with van der Waals surface area (Å²) in [5.41, 5.74) is 4.91. The molecule has 0 saturated carbocycles. The van der Waals surface area contributed by atoms with Gasteiger partial charge in [0.15, 0.2) is 0 Å². The Labute approximate surface area is 84.2 Å². The predicted octanol–water partition coefficient (Wildman–Crippen LogP) is -1.40. The molecular weight excluding hydrogens is 228 g/mol. The number of primary amides is 1. The van der Waals surface area contributed by atoms with Crippen molar-refractivity contribution in [1.29, 1.82) is 0 Å². The van der Waals surface area contributed by atoms with E-state index in [2.05, 4.69) is 10.2 Å². The van der Waals surface area contributed by atoms with Gasteiger partial charge < -0.3 is 5.73 Å². The molecule has 4 N–H and O–H groups in total. The molecule has 0 atom stereocenters. The van der Waals surface area contributed by atoms with Gasteiger partial charge in [-0.15, -0.1) is 10.2 Å². The number of nitrogens with two attached hydrogens (primary N) is 2. The van der Waals surface area contributed by atoms with Gasteiger partial charge in [0.2, 0.25) is 10.2 Å². The Bertz CT molecular complexity index is 438. The number of rotatable bonds is 4. The van der Waals surface area contributed by atoms with Crippen LogP contribution in [0.25, 0.3) is 0 Å². The average molecular weight is 236 g/mol. The standard InChI is InChI=1S/C5H8N4O3S2/c6-3(10)1-2-4-8-9-5(13-4)14(7,11)12/h1-2H2,(H2,6,10)(H2,7,11,12). The van der Waals surface area contributed by atoms with Crippen LogP contribution in [0.2, 0.25) is 0 Å². The fourth-order valence-corrected chi connectivity index (χ4v) is 2.16. The van der Waals surface area contributed by atoms with Crippen molar-refractivity contribution in [3.05, 3.63) is 5.01 Å².